The number of aromatic hydroxyl groups is 4. The lowest BCUT2D eigenvalue weighted by Gasteiger charge is -2.13. The summed E-state index contributed by atoms with van der Waals surface area (Å²) in [6, 6.07) is 4.55. The number of carbonyl (C=O) groups excluding carboxylic acids is 1. The van der Waals surface area contributed by atoms with Crippen LogP contribution in [0.3, 0.4) is 0 Å². The van der Waals surface area contributed by atoms with Gasteiger partial charge in [-0.25, -0.2) is 0 Å². The number of carbonyl (C=O) groups is 1. The lowest BCUT2D eigenvalue weighted by Crippen LogP contribution is -2.06. The van der Waals surface area contributed by atoms with Gasteiger partial charge in [0.25, 0.3) is 0 Å². The number of hydrogen-bond acceptors (Lipinski definition) is 7. The fraction of sp³-hybridized carbons (Fsp3) is 0.0588. The van der Waals surface area contributed by atoms with Gasteiger partial charge in [-0.2, -0.15) is 4.39 Å². The van der Waals surface area contributed by atoms with Gasteiger partial charge in [-0.05, 0) is 12.1 Å². The van der Waals surface area contributed by atoms with E-state index in [0.717, 1.165) is 0 Å². The Kier molecular flexibility index (Phi) is 4.21. The maximum absolute atomic E-state index is 13.5. The number of benzene rings is 2. The summed E-state index contributed by atoms with van der Waals surface area (Å²) >= 11 is 6.06. The summed E-state index contributed by atoms with van der Waals surface area (Å²) in [4.78, 5) is 17.0. The van der Waals surface area contributed by atoms with Crippen LogP contribution in [0.4, 0.5) is 4.39 Å². The predicted octanol–water partition coefficient (Wildman–Crippen LogP) is 3.09. The first kappa shape index (κ1) is 17.6. The van der Waals surface area contributed by atoms with Gasteiger partial charge in [0.2, 0.25) is 11.6 Å². The molecule has 1 heterocycles. The van der Waals surface area contributed by atoms with Gasteiger partial charge in [-0.15, -0.1) is 0 Å². The van der Waals surface area contributed by atoms with Crippen molar-refractivity contribution in [1.29, 1.82) is 0 Å². The Morgan fingerprint density at radius 1 is 1.08 bits per heavy atom. The number of methoxy groups -OCH3 is 1. The molecular weight excluding hydrogens is 369 g/mol. The van der Waals surface area contributed by atoms with Crippen molar-refractivity contribution in [1.82, 2.24) is 4.98 Å². The molecule has 0 radical (unpaired) electrons. The van der Waals surface area contributed by atoms with E-state index in [4.69, 9.17) is 16.3 Å². The van der Waals surface area contributed by atoms with Gasteiger partial charge < -0.3 is 25.2 Å². The van der Waals surface area contributed by atoms with Gasteiger partial charge in [-0.1, -0.05) is 11.6 Å². The first-order valence-electron chi connectivity index (χ1n) is 7.10. The molecule has 0 fully saturated rings. The minimum absolute atomic E-state index is 0.116. The summed E-state index contributed by atoms with van der Waals surface area (Å²) in [5.74, 6) is -7.44. The summed E-state index contributed by atoms with van der Waals surface area (Å²) in [5, 5.41) is 39.0. The molecule has 0 saturated carbocycles. The van der Waals surface area contributed by atoms with Crippen LogP contribution in [-0.4, -0.2) is 38.3 Å². The van der Waals surface area contributed by atoms with Crippen molar-refractivity contribution >= 4 is 28.3 Å². The minimum Gasteiger partial charge on any atom is -0.504 e. The molecule has 2 aromatic carbocycles. The van der Waals surface area contributed by atoms with Crippen LogP contribution in [0.1, 0.15) is 15.9 Å². The molecule has 0 aliphatic carbocycles. The number of hydrogen-bond donors (Lipinski definition) is 4. The molecule has 1 aromatic heterocycles. The first-order valence-corrected chi connectivity index (χ1v) is 7.48. The third-order valence-electron chi connectivity index (χ3n) is 3.82. The van der Waals surface area contributed by atoms with Crippen LogP contribution in [0.2, 0.25) is 5.02 Å². The van der Waals surface area contributed by atoms with Crippen molar-refractivity contribution in [3.05, 3.63) is 46.4 Å². The van der Waals surface area contributed by atoms with Crippen LogP contribution in [0.5, 0.6) is 28.7 Å². The highest BCUT2D eigenvalue weighted by atomic mass is 35.5. The highest BCUT2D eigenvalue weighted by molar-refractivity contribution is 6.37. The normalized spacial score (nSPS) is 10.9. The van der Waals surface area contributed by atoms with Crippen LogP contribution in [0.15, 0.2) is 24.4 Å². The third kappa shape index (κ3) is 2.51. The summed E-state index contributed by atoms with van der Waals surface area (Å²) in [6.45, 7) is 0. The van der Waals surface area contributed by atoms with Crippen LogP contribution in [0, 0.1) is 5.82 Å². The molecule has 3 rings (SSSR count). The molecule has 0 spiro atoms. The second-order valence-corrected chi connectivity index (χ2v) is 5.68. The number of halogens is 2. The van der Waals surface area contributed by atoms with Gasteiger partial charge in [0.05, 0.1) is 23.2 Å². The van der Waals surface area contributed by atoms with Gasteiger partial charge in [0.1, 0.15) is 11.3 Å². The number of pyridine rings is 1. The smallest absolute Gasteiger partial charge is 0.214 e. The van der Waals surface area contributed by atoms with Crippen molar-refractivity contribution in [2.24, 2.45) is 0 Å². The fourth-order valence-electron chi connectivity index (χ4n) is 2.52. The van der Waals surface area contributed by atoms with E-state index in [-0.39, 0.29) is 16.0 Å². The van der Waals surface area contributed by atoms with Crippen molar-refractivity contribution in [3.63, 3.8) is 0 Å². The number of rotatable bonds is 3. The van der Waals surface area contributed by atoms with Gasteiger partial charge in [0.15, 0.2) is 23.0 Å². The van der Waals surface area contributed by atoms with Crippen molar-refractivity contribution in [2.75, 3.05) is 7.11 Å². The van der Waals surface area contributed by atoms with Gasteiger partial charge >= 0.3 is 0 Å². The molecule has 9 heteroatoms. The number of phenols is 4. The fourth-order valence-corrected chi connectivity index (χ4v) is 2.75. The summed E-state index contributed by atoms with van der Waals surface area (Å²) in [7, 11) is 1.45. The largest absolute Gasteiger partial charge is 0.504 e. The zero-order valence-electron chi connectivity index (χ0n) is 13.1. The molecule has 0 saturated heterocycles. The van der Waals surface area contributed by atoms with Crippen LogP contribution in [0.25, 0.3) is 10.9 Å². The molecule has 0 amide bonds. The highest BCUT2D eigenvalue weighted by Crippen LogP contribution is 2.46. The van der Waals surface area contributed by atoms with E-state index in [0.29, 0.717) is 11.3 Å². The number of ketones is 1. The zero-order chi connectivity index (χ0) is 19.2. The Hall–Kier alpha value is -3.26. The molecule has 7 nitrogen and oxygen atoms in total. The van der Waals surface area contributed by atoms with Crippen LogP contribution < -0.4 is 4.74 Å². The average molecular weight is 380 g/mol. The minimum atomic E-state index is -1.66. The molecule has 4 N–H and O–H groups in total. The lowest BCUT2D eigenvalue weighted by molar-refractivity contribution is 0.103. The Labute approximate surface area is 150 Å². The van der Waals surface area contributed by atoms with Crippen molar-refractivity contribution in [2.45, 2.75) is 0 Å². The monoisotopic (exact) mass is 379 g/mol. The molecule has 0 aliphatic rings. The second kappa shape index (κ2) is 6.23. The topological polar surface area (TPSA) is 120 Å². The molecule has 3 aromatic rings. The standard InChI is InChI=1S/C17H11ClFNO6/c1-26-6-2-3-7-9(4-6)20-5-8(18)10(7)13(21)11-14(22)16(24)12(19)17(25)15(11)23/h2-5,22-25H,1H3. The Balaban J connectivity index is 2.32. The van der Waals surface area contributed by atoms with Crippen LogP contribution >= 0.6 is 11.6 Å². The van der Waals surface area contributed by atoms with Crippen LogP contribution in [-0.2, 0) is 0 Å². The predicted molar refractivity (Wildman–Crippen MR) is 89.8 cm³/mol. The molecule has 0 unspecified atom stereocenters. The Morgan fingerprint density at radius 2 is 1.69 bits per heavy atom. The number of aromatic nitrogens is 1. The molecule has 26 heavy (non-hydrogen) atoms. The second-order valence-electron chi connectivity index (χ2n) is 5.28. The van der Waals surface area contributed by atoms with Crippen molar-refractivity contribution < 1.29 is 34.3 Å². The van der Waals surface area contributed by atoms with E-state index < -0.39 is 40.2 Å². The van der Waals surface area contributed by atoms with Crippen molar-refractivity contribution in [3.8, 4) is 28.7 Å². The molecule has 0 bridgehead atoms. The van der Waals surface area contributed by atoms with E-state index in [2.05, 4.69) is 4.98 Å². The lowest BCUT2D eigenvalue weighted by atomic mass is 9.97. The first-order chi connectivity index (χ1) is 12.3. The van der Waals surface area contributed by atoms with Gasteiger partial charge in [0, 0.05) is 17.6 Å². The summed E-state index contributed by atoms with van der Waals surface area (Å²) < 4.78 is 18.6. The molecule has 0 aliphatic heterocycles. The van der Waals surface area contributed by atoms with E-state index >= 15 is 0 Å². The number of ether oxygens (including phenoxy) is 1. The third-order valence-corrected chi connectivity index (χ3v) is 4.11. The number of phenolic OH excluding ortho intramolecular Hbond substituents is 4. The van der Waals surface area contributed by atoms with Gasteiger partial charge in [-0.3, -0.25) is 9.78 Å². The van der Waals surface area contributed by atoms with E-state index in [1.807, 2.05) is 0 Å². The zero-order valence-corrected chi connectivity index (χ0v) is 13.9. The van der Waals surface area contributed by atoms with E-state index in [1.165, 1.54) is 31.5 Å². The van der Waals surface area contributed by atoms with E-state index in [9.17, 15) is 29.6 Å². The number of fused-ring (bicyclic) bond motifs is 1. The number of nitrogens with zero attached hydrogens (tertiary/aromatic N) is 1. The maximum Gasteiger partial charge on any atom is 0.214 e. The summed E-state index contributed by atoms with van der Waals surface area (Å²) in [5.41, 5.74) is -0.742. The molecule has 0 atom stereocenters. The van der Waals surface area contributed by atoms with E-state index in [1.54, 1.807) is 0 Å². The highest BCUT2D eigenvalue weighted by Gasteiger charge is 2.30. The quantitative estimate of drug-likeness (QED) is 0.313. The molecular formula is C17H11ClFNO6. The molecule has 134 valence electrons. The average Bonchev–Trinajstić information content (AvgIpc) is 2.64. The summed E-state index contributed by atoms with van der Waals surface area (Å²) in [6.07, 6.45) is 1.17. The Morgan fingerprint density at radius 3 is 2.27 bits per heavy atom. The maximum atomic E-state index is 13.5. The Bertz CT molecular complexity index is 1040. The SMILES string of the molecule is COc1ccc2c(C(=O)c3c(O)c(O)c(F)c(O)c3O)c(Cl)cnc2c1.